The molecule has 102 valence electrons. The number of nitrogens with two attached hydrogens (primary N) is 1. The van der Waals surface area contributed by atoms with Crippen molar-refractivity contribution >= 4 is 0 Å². The molecule has 0 aliphatic heterocycles. The second kappa shape index (κ2) is 5.45. The topological polar surface area (TPSA) is 53.1 Å². The predicted molar refractivity (Wildman–Crippen MR) is 76.4 cm³/mol. The van der Waals surface area contributed by atoms with Crippen molar-refractivity contribution in [2.45, 2.75) is 33.2 Å². The molecule has 0 saturated carbocycles. The maximum Gasteiger partial charge on any atom is 0.171 e. The molecule has 1 aromatic heterocycles. The van der Waals surface area contributed by atoms with Crippen LogP contribution in [-0.4, -0.2) is 9.78 Å². The van der Waals surface area contributed by atoms with E-state index in [1.165, 1.54) is 0 Å². The highest BCUT2D eigenvalue weighted by atomic mass is 16.5. The van der Waals surface area contributed by atoms with Gasteiger partial charge in [0.1, 0.15) is 11.4 Å². The zero-order valence-electron chi connectivity index (χ0n) is 12.0. The van der Waals surface area contributed by atoms with E-state index < -0.39 is 0 Å². The van der Waals surface area contributed by atoms with E-state index in [-0.39, 0.29) is 6.04 Å². The van der Waals surface area contributed by atoms with Crippen molar-refractivity contribution in [2.75, 3.05) is 0 Å². The summed E-state index contributed by atoms with van der Waals surface area (Å²) < 4.78 is 7.88. The van der Waals surface area contributed by atoms with E-state index >= 15 is 0 Å². The van der Waals surface area contributed by atoms with Gasteiger partial charge in [0.25, 0.3) is 0 Å². The largest absolute Gasteiger partial charge is 0.453 e. The Labute approximate surface area is 114 Å². The molecular weight excluding hydrogens is 238 g/mol. The molecule has 0 fully saturated rings. The second-order valence-electron chi connectivity index (χ2n) is 4.78. The van der Waals surface area contributed by atoms with E-state index in [9.17, 15) is 0 Å². The summed E-state index contributed by atoms with van der Waals surface area (Å²) >= 11 is 0. The summed E-state index contributed by atoms with van der Waals surface area (Å²) in [6, 6.07) is 7.91. The van der Waals surface area contributed by atoms with Crippen molar-refractivity contribution in [3.05, 3.63) is 41.2 Å². The zero-order valence-corrected chi connectivity index (χ0v) is 12.0. The quantitative estimate of drug-likeness (QED) is 0.917. The fourth-order valence-electron chi connectivity index (χ4n) is 2.11. The van der Waals surface area contributed by atoms with Crippen molar-refractivity contribution in [1.82, 2.24) is 9.78 Å². The number of rotatable bonds is 4. The third-order valence-electron chi connectivity index (χ3n) is 3.41. The molecular formula is C15H21N3O. The minimum Gasteiger partial charge on any atom is -0.453 e. The van der Waals surface area contributed by atoms with Gasteiger partial charge in [-0.1, -0.05) is 25.1 Å². The Morgan fingerprint density at radius 2 is 2.00 bits per heavy atom. The lowest BCUT2D eigenvalue weighted by atomic mass is 10.0. The van der Waals surface area contributed by atoms with Crippen LogP contribution < -0.4 is 10.5 Å². The normalized spacial score (nSPS) is 12.5. The summed E-state index contributed by atoms with van der Waals surface area (Å²) in [5.41, 5.74) is 9.06. The first-order valence-electron chi connectivity index (χ1n) is 6.57. The first-order valence-corrected chi connectivity index (χ1v) is 6.57. The standard InChI is InChI=1S/C15H21N3O/c1-5-13(16)12-8-6-7-9-14(12)19-15-10(2)17-18(4)11(15)3/h6-9,13H,5,16H2,1-4H3/t13-/m0/s1. The number of para-hydroxylation sites is 1. The summed E-state index contributed by atoms with van der Waals surface area (Å²) in [6.07, 6.45) is 0.880. The molecule has 1 atom stereocenters. The molecule has 4 heteroatoms. The molecule has 1 aromatic carbocycles. The molecule has 4 nitrogen and oxygen atoms in total. The van der Waals surface area contributed by atoms with Gasteiger partial charge < -0.3 is 10.5 Å². The van der Waals surface area contributed by atoms with Gasteiger partial charge >= 0.3 is 0 Å². The van der Waals surface area contributed by atoms with Gasteiger partial charge in [-0.15, -0.1) is 0 Å². The van der Waals surface area contributed by atoms with E-state index in [2.05, 4.69) is 12.0 Å². The molecule has 0 saturated heterocycles. The Balaban J connectivity index is 2.38. The number of aromatic nitrogens is 2. The van der Waals surface area contributed by atoms with E-state index in [1.807, 2.05) is 49.8 Å². The summed E-state index contributed by atoms with van der Waals surface area (Å²) in [7, 11) is 1.92. The molecule has 1 heterocycles. The first-order chi connectivity index (χ1) is 9.04. The minimum absolute atomic E-state index is 0.00603. The lowest BCUT2D eigenvalue weighted by Crippen LogP contribution is -2.09. The van der Waals surface area contributed by atoms with Crippen molar-refractivity contribution in [1.29, 1.82) is 0 Å². The van der Waals surface area contributed by atoms with E-state index in [0.717, 1.165) is 34.9 Å². The molecule has 0 unspecified atom stereocenters. The van der Waals surface area contributed by atoms with Crippen LogP contribution in [0.4, 0.5) is 0 Å². The van der Waals surface area contributed by atoms with Crippen LogP contribution in [0, 0.1) is 13.8 Å². The maximum absolute atomic E-state index is 6.13. The molecule has 0 amide bonds. The fraction of sp³-hybridized carbons (Fsp3) is 0.400. The van der Waals surface area contributed by atoms with Gasteiger partial charge in [0.05, 0.1) is 5.69 Å². The number of ether oxygens (including phenoxy) is 1. The van der Waals surface area contributed by atoms with Gasteiger partial charge in [0.2, 0.25) is 0 Å². The van der Waals surface area contributed by atoms with Crippen LogP contribution in [0.2, 0.25) is 0 Å². The molecule has 0 bridgehead atoms. The van der Waals surface area contributed by atoms with Crippen LogP contribution in [0.25, 0.3) is 0 Å². The monoisotopic (exact) mass is 259 g/mol. The molecule has 2 aromatic rings. The third-order valence-corrected chi connectivity index (χ3v) is 3.41. The molecule has 0 aliphatic carbocycles. The van der Waals surface area contributed by atoms with Gasteiger partial charge in [-0.25, -0.2) is 0 Å². The highest BCUT2D eigenvalue weighted by molar-refractivity contribution is 5.42. The molecule has 0 aliphatic rings. The Kier molecular flexibility index (Phi) is 3.90. The van der Waals surface area contributed by atoms with Crippen LogP contribution in [0.1, 0.15) is 36.3 Å². The predicted octanol–water partition coefficient (Wildman–Crippen LogP) is 3.24. The average molecular weight is 259 g/mol. The first kappa shape index (κ1) is 13.6. The van der Waals surface area contributed by atoms with Gasteiger partial charge in [0.15, 0.2) is 5.75 Å². The third kappa shape index (κ3) is 2.63. The Hall–Kier alpha value is -1.81. The SMILES string of the molecule is CC[C@H](N)c1ccccc1Oc1c(C)nn(C)c1C. The molecule has 0 spiro atoms. The maximum atomic E-state index is 6.13. The van der Waals surface area contributed by atoms with Crippen molar-refractivity contribution < 1.29 is 4.74 Å². The van der Waals surface area contributed by atoms with Crippen molar-refractivity contribution in [3.8, 4) is 11.5 Å². The van der Waals surface area contributed by atoms with Gasteiger partial charge in [-0.05, 0) is 26.3 Å². The lowest BCUT2D eigenvalue weighted by molar-refractivity contribution is 0.461. The summed E-state index contributed by atoms with van der Waals surface area (Å²) in [4.78, 5) is 0. The Morgan fingerprint density at radius 1 is 1.32 bits per heavy atom. The lowest BCUT2D eigenvalue weighted by Gasteiger charge is -2.15. The smallest absolute Gasteiger partial charge is 0.171 e. The number of nitrogens with zero attached hydrogens (tertiary/aromatic N) is 2. The Morgan fingerprint density at radius 3 is 2.58 bits per heavy atom. The second-order valence-corrected chi connectivity index (χ2v) is 4.78. The van der Waals surface area contributed by atoms with Crippen LogP contribution in [0.5, 0.6) is 11.5 Å². The fourth-order valence-corrected chi connectivity index (χ4v) is 2.11. The van der Waals surface area contributed by atoms with Crippen molar-refractivity contribution in [3.63, 3.8) is 0 Å². The Bertz CT molecular complexity index is 575. The highest BCUT2D eigenvalue weighted by Gasteiger charge is 2.15. The summed E-state index contributed by atoms with van der Waals surface area (Å²) in [6.45, 7) is 6.02. The number of aryl methyl sites for hydroxylation is 2. The van der Waals surface area contributed by atoms with Gasteiger partial charge in [0, 0.05) is 18.7 Å². The van der Waals surface area contributed by atoms with Crippen LogP contribution >= 0.6 is 0 Å². The molecule has 2 N–H and O–H groups in total. The number of hydrogen-bond donors (Lipinski definition) is 1. The summed E-state index contributed by atoms with van der Waals surface area (Å²) in [5.74, 6) is 1.63. The van der Waals surface area contributed by atoms with Gasteiger partial charge in [-0.2, -0.15) is 5.10 Å². The van der Waals surface area contributed by atoms with Gasteiger partial charge in [-0.3, -0.25) is 4.68 Å². The summed E-state index contributed by atoms with van der Waals surface area (Å²) in [5, 5.41) is 4.36. The molecule has 19 heavy (non-hydrogen) atoms. The van der Waals surface area contributed by atoms with Crippen LogP contribution in [0.15, 0.2) is 24.3 Å². The number of hydrogen-bond acceptors (Lipinski definition) is 3. The van der Waals surface area contributed by atoms with E-state index in [0.29, 0.717) is 0 Å². The zero-order chi connectivity index (χ0) is 14.0. The van der Waals surface area contributed by atoms with E-state index in [4.69, 9.17) is 10.5 Å². The van der Waals surface area contributed by atoms with E-state index in [1.54, 1.807) is 0 Å². The molecule has 0 radical (unpaired) electrons. The number of benzene rings is 1. The minimum atomic E-state index is -0.00603. The van der Waals surface area contributed by atoms with Crippen molar-refractivity contribution in [2.24, 2.45) is 12.8 Å². The highest BCUT2D eigenvalue weighted by Crippen LogP contribution is 2.32. The molecule has 2 rings (SSSR count). The van der Waals surface area contributed by atoms with Crippen LogP contribution in [0.3, 0.4) is 0 Å². The average Bonchev–Trinajstić information content (AvgIpc) is 2.65. The van der Waals surface area contributed by atoms with Crippen LogP contribution in [-0.2, 0) is 7.05 Å².